The first-order chi connectivity index (χ1) is 9.68. The monoisotopic (exact) mass is 372 g/mol. The Morgan fingerprint density at radius 1 is 1.29 bits per heavy atom. The largest absolute Gasteiger partial charge is 0.374 e. The van der Waals surface area contributed by atoms with Crippen molar-refractivity contribution >= 4 is 23.3 Å². The lowest BCUT2D eigenvalue weighted by molar-refractivity contribution is 0.128. The molecule has 0 spiro atoms. The Kier molecular flexibility index (Phi) is 6.25. The summed E-state index contributed by atoms with van der Waals surface area (Å²) in [6, 6.07) is 8.87. The van der Waals surface area contributed by atoms with Crippen LogP contribution < -0.4 is 0 Å². The van der Waals surface area contributed by atoms with Gasteiger partial charge < -0.3 is 9.63 Å². The zero-order chi connectivity index (χ0) is 16.1. The van der Waals surface area contributed by atoms with Gasteiger partial charge in [-0.2, -0.15) is 0 Å². The molecule has 0 saturated carbocycles. The van der Waals surface area contributed by atoms with Crippen LogP contribution in [0.3, 0.4) is 0 Å². The van der Waals surface area contributed by atoms with Gasteiger partial charge in [-0.25, -0.2) is 0 Å². The van der Waals surface area contributed by atoms with Crippen LogP contribution in [0, 0.1) is 17.0 Å². The van der Waals surface area contributed by atoms with E-state index in [0.29, 0.717) is 5.56 Å². The van der Waals surface area contributed by atoms with E-state index in [1.54, 1.807) is 31.2 Å². The molecule has 1 rings (SSSR count). The van der Waals surface area contributed by atoms with Crippen LogP contribution in [0.25, 0.3) is 0 Å². The minimum Gasteiger partial charge on any atom is -0.374 e. The molecule has 0 radical (unpaired) electrons. The zero-order valence-corrected chi connectivity index (χ0v) is 15.4. The molecule has 0 aliphatic carbocycles. The van der Waals surface area contributed by atoms with Gasteiger partial charge in [0.25, 0.3) is 0 Å². The van der Waals surface area contributed by atoms with Gasteiger partial charge >= 0.3 is 7.37 Å². The van der Waals surface area contributed by atoms with Gasteiger partial charge in [0, 0.05) is 10.7 Å². The second-order valence-corrected chi connectivity index (χ2v) is 8.66. The predicted octanol–water partition coefficient (Wildman–Crippen LogP) is 4.55. The number of rotatable bonds is 5. The molecule has 116 valence electrons. The molecule has 5 heteroatoms. The van der Waals surface area contributed by atoms with Gasteiger partial charge in [0.1, 0.15) is 0 Å². The normalized spacial score (nSPS) is 17.2. The van der Waals surface area contributed by atoms with Gasteiger partial charge in [-0.1, -0.05) is 52.2 Å². The van der Waals surface area contributed by atoms with E-state index in [4.69, 9.17) is 4.52 Å². The van der Waals surface area contributed by atoms with Gasteiger partial charge in [-0.15, -0.1) is 0 Å². The average Bonchev–Trinajstić information content (AvgIpc) is 2.44. The van der Waals surface area contributed by atoms with Gasteiger partial charge in [0.15, 0.2) is 5.34 Å². The van der Waals surface area contributed by atoms with Crippen molar-refractivity contribution in [3.63, 3.8) is 0 Å². The van der Waals surface area contributed by atoms with Crippen LogP contribution in [0.1, 0.15) is 33.3 Å². The third-order valence-corrected chi connectivity index (χ3v) is 6.46. The molecule has 0 fully saturated rings. The number of benzene rings is 1. The van der Waals surface area contributed by atoms with E-state index in [1.165, 1.54) is 0 Å². The summed E-state index contributed by atoms with van der Waals surface area (Å²) < 4.78 is 18.7. The van der Waals surface area contributed by atoms with Crippen LogP contribution in [-0.2, 0) is 14.4 Å². The lowest BCUT2D eigenvalue weighted by atomic mass is 9.99. The second-order valence-electron chi connectivity index (χ2n) is 5.77. The fraction of sp³-hybridized carbons (Fsp3) is 0.500. The molecule has 0 aliphatic heterocycles. The van der Waals surface area contributed by atoms with Crippen molar-refractivity contribution in [2.45, 2.75) is 33.0 Å². The fourth-order valence-electron chi connectivity index (χ4n) is 1.69. The molecule has 1 N–H and O–H groups in total. The highest BCUT2D eigenvalue weighted by molar-refractivity contribution is 9.09. The molecule has 0 saturated heterocycles. The number of halogens is 1. The topological polar surface area (TPSA) is 46.5 Å². The molecular weight excluding hydrogens is 351 g/mol. The molecule has 0 bridgehead atoms. The number of hydrogen-bond acceptors (Lipinski definition) is 3. The molecule has 3 nitrogen and oxygen atoms in total. The summed E-state index contributed by atoms with van der Waals surface area (Å²) in [6.07, 6.45) is 0. The third kappa shape index (κ3) is 4.44. The Balaban J connectivity index is 3.42. The second kappa shape index (κ2) is 7.11. The number of alkyl halides is 1. The predicted molar refractivity (Wildman–Crippen MR) is 90.6 cm³/mol. The molecule has 1 aromatic carbocycles. The van der Waals surface area contributed by atoms with Crippen LogP contribution in [0.5, 0.6) is 0 Å². The van der Waals surface area contributed by atoms with Crippen LogP contribution in [-0.4, -0.2) is 17.0 Å². The van der Waals surface area contributed by atoms with Crippen LogP contribution in [0.2, 0.25) is 0 Å². The summed E-state index contributed by atoms with van der Waals surface area (Å²) in [5, 5.41) is 9.42. The van der Waals surface area contributed by atoms with E-state index in [0.717, 1.165) is 0 Å². The lowest BCUT2D eigenvalue weighted by Crippen LogP contribution is -2.28. The van der Waals surface area contributed by atoms with Crippen molar-refractivity contribution in [2.75, 3.05) is 11.9 Å². The van der Waals surface area contributed by atoms with E-state index in [9.17, 15) is 9.67 Å². The minimum absolute atomic E-state index is 0.0834. The summed E-state index contributed by atoms with van der Waals surface area (Å²) in [7, 11) is -3.61. The molecule has 0 heterocycles. The Bertz CT molecular complexity index is 569. The third-order valence-electron chi connectivity index (χ3n) is 2.80. The van der Waals surface area contributed by atoms with Gasteiger partial charge in [0.2, 0.25) is 0 Å². The number of hydrogen-bond donors (Lipinski definition) is 1. The van der Waals surface area contributed by atoms with Gasteiger partial charge in [0.05, 0.1) is 6.61 Å². The Morgan fingerprint density at radius 3 is 2.29 bits per heavy atom. The fourth-order valence-corrected chi connectivity index (χ4v) is 4.96. The summed E-state index contributed by atoms with van der Waals surface area (Å²) in [5.41, 5.74) is 2.94. The highest BCUT2D eigenvalue weighted by Crippen LogP contribution is 2.62. The van der Waals surface area contributed by atoms with Crippen LogP contribution >= 0.6 is 23.3 Å². The first kappa shape index (κ1) is 18.5. The average molecular weight is 373 g/mol. The summed E-state index contributed by atoms with van der Waals surface area (Å²) in [5.74, 6) is 2.94. The smallest absolute Gasteiger partial charge is 0.309 e. The summed E-state index contributed by atoms with van der Waals surface area (Å²) in [6.45, 7) is 7.73. The molecular formula is C16H22BrO3P. The maximum atomic E-state index is 13.2. The summed E-state index contributed by atoms with van der Waals surface area (Å²) >= 11 is 3.26. The molecule has 0 aromatic heterocycles. The maximum Gasteiger partial charge on any atom is 0.309 e. The van der Waals surface area contributed by atoms with E-state index in [-0.39, 0.29) is 17.4 Å². The molecule has 0 aliphatic rings. The standard InChI is InChI=1S/C16H22BrO3P/c1-5-20-21(19,12-11-15(2,3)4)16(18,13-17)14-9-7-6-8-10-14/h6-10,18H,5,13H2,1-4H3/t16-,21+/m0/s1. The highest BCUT2D eigenvalue weighted by Gasteiger charge is 2.48. The maximum absolute atomic E-state index is 13.2. The highest BCUT2D eigenvalue weighted by atomic mass is 79.9. The Hall–Kier alpha value is -0.590. The van der Waals surface area contributed by atoms with Crippen LogP contribution in [0.4, 0.5) is 0 Å². The van der Waals surface area contributed by atoms with Crippen molar-refractivity contribution < 1.29 is 14.2 Å². The number of aliphatic hydroxyl groups is 1. The Morgan fingerprint density at radius 2 is 1.86 bits per heavy atom. The quantitative estimate of drug-likeness (QED) is 0.468. The zero-order valence-electron chi connectivity index (χ0n) is 12.9. The molecule has 0 amide bonds. The first-order valence-corrected chi connectivity index (χ1v) is 9.56. The van der Waals surface area contributed by atoms with E-state index < -0.39 is 12.7 Å². The molecule has 21 heavy (non-hydrogen) atoms. The van der Waals surface area contributed by atoms with E-state index >= 15 is 0 Å². The SMILES string of the molecule is CCO[P@](=O)(C#CC(C)(C)C)[C@@](O)(CBr)c1ccccc1. The molecule has 0 unspecified atom stereocenters. The van der Waals surface area contributed by atoms with Gasteiger partial charge in [-0.05, 0) is 38.9 Å². The molecule has 2 atom stereocenters. The van der Waals surface area contributed by atoms with Crippen molar-refractivity contribution in [1.82, 2.24) is 0 Å². The van der Waals surface area contributed by atoms with Gasteiger partial charge in [-0.3, -0.25) is 4.57 Å². The first-order valence-electron chi connectivity index (χ1n) is 6.81. The van der Waals surface area contributed by atoms with E-state index in [2.05, 4.69) is 27.5 Å². The van der Waals surface area contributed by atoms with Crippen molar-refractivity contribution in [3.8, 4) is 11.6 Å². The van der Waals surface area contributed by atoms with E-state index in [1.807, 2.05) is 26.8 Å². The molecule has 1 aromatic rings. The lowest BCUT2D eigenvalue weighted by Gasteiger charge is -2.31. The Labute approximate surface area is 135 Å². The van der Waals surface area contributed by atoms with Crippen LogP contribution in [0.15, 0.2) is 30.3 Å². The van der Waals surface area contributed by atoms with Crippen molar-refractivity contribution in [1.29, 1.82) is 0 Å². The van der Waals surface area contributed by atoms with Crippen molar-refractivity contribution in [3.05, 3.63) is 35.9 Å². The summed E-state index contributed by atoms with van der Waals surface area (Å²) in [4.78, 5) is 0. The van der Waals surface area contributed by atoms with Crippen molar-refractivity contribution in [2.24, 2.45) is 5.41 Å². The minimum atomic E-state index is -3.61.